The number of carbonyl (C=O) groups excluding carboxylic acids is 1. The number of aromatic nitrogens is 1. The van der Waals surface area contributed by atoms with Gasteiger partial charge in [-0.1, -0.05) is 0 Å². The quantitative estimate of drug-likeness (QED) is 0.678. The molecule has 0 unspecified atom stereocenters. The molecule has 0 fully saturated rings. The topological polar surface area (TPSA) is 43.1 Å². The van der Waals surface area contributed by atoms with E-state index in [0.29, 0.717) is 5.76 Å². The molecule has 0 amide bonds. The Morgan fingerprint density at radius 3 is 2.93 bits per heavy atom. The third-order valence-electron chi connectivity index (χ3n) is 2.11. The first-order chi connectivity index (χ1) is 6.83. The molecule has 0 aromatic carbocycles. The van der Waals surface area contributed by atoms with Crippen LogP contribution in [0.2, 0.25) is 0 Å². The molecule has 2 heterocycles. The van der Waals surface area contributed by atoms with Crippen molar-refractivity contribution in [2.75, 3.05) is 0 Å². The van der Waals surface area contributed by atoms with Gasteiger partial charge in [0, 0.05) is 18.0 Å². The van der Waals surface area contributed by atoms with Crippen molar-refractivity contribution in [2.24, 2.45) is 0 Å². The van der Waals surface area contributed by atoms with Crippen molar-refractivity contribution in [3.8, 4) is 11.1 Å². The van der Waals surface area contributed by atoms with Crippen LogP contribution in [0.5, 0.6) is 0 Å². The molecular formula is C11H9NO2. The number of aryl methyl sites for hydroxylation is 1. The number of aldehydes is 1. The van der Waals surface area contributed by atoms with Crippen molar-refractivity contribution in [3.05, 3.63) is 42.1 Å². The third kappa shape index (κ3) is 1.33. The van der Waals surface area contributed by atoms with Gasteiger partial charge in [0.15, 0.2) is 12.0 Å². The monoisotopic (exact) mass is 187 g/mol. The average Bonchev–Trinajstić information content (AvgIpc) is 2.66. The van der Waals surface area contributed by atoms with Crippen LogP contribution in [0.4, 0.5) is 0 Å². The Bertz CT molecular complexity index is 460. The van der Waals surface area contributed by atoms with Gasteiger partial charge in [-0.25, -0.2) is 0 Å². The summed E-state index contributed by atoms with van der Waals surface area (Å²) >= 11 is 0. The predicted octanol–water partition coefficient (Wildman–Crippen LogP) is 2.46. The number of nitrogens with zero attached hydrogens (tertiary/aromatic N) is 1. The van der Waals surface area contributed by atoms with Crippen LogP contribution in [0.15, 0.2) is 35.2 Å². The number of carbonyl (C=O) groups is 1. The molecule has 0 aliphatic carbocycles. The SMILES string of the molecule is Cc1cnccc1-c1ccoc1C=O. The van der Waals surface area contributed by atoms with Crippen molar-refractivity contribution in [1.29, 1.82) is 0 Å². The second-order valence-corrected chi connectivity index (χ2v) is 3.01. The largest absolute Gasteiger partial charge is 0.461 e. The van der Waals surface area contributed by atoms with Gasteiger partial charge in [0.2, 0.25) is 0 Å². The first-order valence-corrected chi connectivity index (χ1v) is 4.26. The van der Waals surface area contributed by atoms with Crippen molar-refractivity contribution >= 4 is 6.29 Å². The Balaban J connectivity index is 2.60. The molecule has 2 aromatic heterocycles. The van der Waals surface area contributed by atoms with Crippen LogP contribution < -0.4 is 0 Å². The van der Waals surface area contributed by atoms with Crippen LogP contribution >= 0.6 is 0 Å². The van der Waals surface area contributed by atoms with E-state index < -0.39 is 0 Å². The highest BCUT2D eigenvalue weighted by atomic mass is 16.3. The molecule has 0 bridgehead atoms. The first kappa shape index (κ1) is 8.69. The number of furan rings is 1. The van der Waals surface area contributed by atoms with Crippen molar-refractivity contribution in [3.63, 3.8) is 0 Å². The molecule has 0 aliphatic rings. The Labute approximate surface area is 81.4 Å². The summed E-state index contributed by atoms with van der Waals surface area (Å²) in [5, 5.41) is 0. The molecule has 14 heavy (non-hydrogen) atoms. The first-order valence-electron chi connectivity index (χ1n) is 4.26. The second kappa shape index (κ2) is 3.46. The summed E-state index contributed by atoms with van der Waals surface area (Å²) < 4.78 is 5.03. The zero-order chi connectivity index (χ0) is 9.97. The lowest BCUT2D eigenvalue weighted by Gasteiger charge is -2.01. The summed E-state index contributed by atoms with van der Waals surface area (Å²) in [6.07, 6.45) is 5.69. The third-order valence-corrected chi connectivity index (χ3v) is 2.11. The van der Waals surface area contributed by atoms with Crippen LogP contribution in [0.3, 0.4) is 0 Å². The van der Waals surface area contributed by atoms with Crippen molar-refractivity contribution in [2.45, 2.75) is 6.92 Å². The molecule has 2 aromatic rings. The van der Waals surface area contributed by atoms with Gasteiger partial charge in [-0.3, -0.25) is 9.78 Å². The maximum atomic E-state index is 10.7. The maximum Gasteiger partial charge on any atom is 0.185 e. The zero-order valence-corrected chi connectivity index (χ0v) is 7.73. The summed E-state index contributed by atoms with van der Waals surface area (Å²) in [5.41, 5.74) is 2.83. The molecule has 0 atom stereocenters. The minimum absolute atomic E-state index is 0.360. The highest BCUT2D eigenvalue weighted by molar-refractivity contribution is 5.85. The van der Waals surface area contributed by atoms with E-state index in [4.69, 9.17) is 4.42 Å². The maximum absolute atomic E-state index is 10.7. The minimum Gasteiger partial charge on any atom is -0.461 e. The summed E-state index contributed by atoms with van der Waals surface area (Å²) in [6, 6.07) is 3.65. The Morgan fingerprint density at radius 2 is 2.21 bits per heavy atom. The molecule has 3 nitrogen and oxygen atoms in total. The molecule has 0 saturated carbocycles. The molecule has 2 rings (SSSR count). The lowest BCUT2D eigenvalue weighted by molar-refractivity contribution is 0.110. The lowest BCUT2D eigenvalue weighted by Crippen LogP contribution is -1.86. The van der Waals surface area contributed by atoms with Gasteiger partial charge in [0.25, 0.3) is 0 Å². The molecule has 0 spiro atoms. The van der Waals surface area contributed by atoms with E-state index in [0.717, 1.165) is 23.0 Å². The predicted molar refractivity (Wildman–Crippen MR) is 52.1 cm³/mol. The summed E-state index contributed by atoms with van der Waals surface area (Å²) in [6.45, 7) is 1.95. The summed E-state index contributed by atoms with van der Waals surface area (Å²) in [5.74, 6) is 0.360. The van der Waals surface area contributed by atoms with Gasteiger partial charge in [0.1, 0.15) is 0 Å². The molecule has 0 radical (unpaired) electrons. The minimum atomic E-state index is 0.360. The molecule has 0 N–H and O–H groups in total. The lowest BCUT2D eigenvalue weighted by atomic mass is 10.0. The molecular weight excluding hydrogens is 178 g/mol. The van der Waals surface area contributed by atoms with Gasteiger partial charge >= 0.3 is 0 Å². The van der Waals surface area contributed by atoms with E-state index in [-0.39, 0.29) is 0 Å². The fourth-order valence-electron chi connectivity index (χ4n) is 1.41. The number of hydrogen-bond donors (Lipinski definition) is 0. The van der Waals surface area contributed by atoms with Gasteiger partial charge in [0.05, 0.1) is 6.26 Å². The normalized spacial score (nSPS) is 10.1. The van der Waals surface area contributed by atoms with E-state index in [2.05, 4.69) is 4.98 Å². The Kier molecular flexibility index (Phi) is 2.14. The van der Waals surface area contributed by atoms with E-state index >= 15 is 0 Å². The average molecular weight is 187 g/mol. The zero-order valence-electron chi connectivity index (χ0n) is 7.73. The molecule has 3 heteroatoms. The van der Waals surface area contributed by atoms with Crippen LogP contribution in [0.1, 0.15) is 16.1 Å². The van der Waals surface area contributed by atoms with E-state index in [1.807, 2.05) is 13.0 Å². The van der Waals surface area contributed by atoms with Gasteiger partial charge in [-0.2, -0.15) is 0 Å². The van der Waals surface area contributed by atoms with Crippen molar-refractivity contribution in [1.82, 2.24) is 4.98 Å². The smallest absolute Gasteiger partial charge is 0.185 e. The fourth-order valence-corrected chi connectivity index (χ4v) is 1.41. The van der Waals surface area contributed by atoms with E-state index in [9.17, 15) is 4.79 Å². The Hall–Kier alpha value is -1.90. The Morgan fingerprint density at radius 1 is 1.36 bits per heavy atom. The standard InChI is InChI=1S/C11H9NO2/c1-8-6-12-4-2-9(8)10-3-5-14-11(10)7-13/h2-7H,1H3. The van der Waals surface area contributed by atoms with Crippen LogP contribution in [-0.4, -0.2) is 11.3 Å². The number of rotatable bonds is 2. The van der Waals surface area contributed by atoms with Gasteiger partial charge in [-0.05, 0) is 30.2 Å². The van der Waals surface area contributed by atoms with Crippen molar-refractivity contribution < 1.29 is 9.21 Å². The number of hydrogen-bond acceptors (Lipinski definition) is 3. The second-order valence-electron chi connectivity index (χ2n) is 3.01. The van der Waals surface area contributed by atoms with E-state index in [1.165, 1.54) is 6.26 Å². The van der Waals surface area contributed by atoms with Gasteiger partial charge in [-0.15, -0.1) is 0 Å². The molecule has 0 aliphatic heterocycles. The van der Waals surface area contributed by atoms with Crippen LogP contribution in [0, 0.1) is 6.92 Å². The highest BCUT2D eigenvalue weighted by Crippen LogP contribution is 2.25. The summed E-state index contributed by atoms with van der Waals surface area (Å²) in [7, 11) is 0. The molecule has 0 saturated heterocycles. The van der Waals surface area contributed by atoms with Crippen LogP contribution in [0.25, 0.3) is 11.1 Å². The fraction of sp³-hybridized carbons (Fsp3) is 0.0909. The van der Waals surface area contributed by atoms with Gasteiger partial charge < -0.3 is 4.42 Å². The number of pyridine rings is 1. The molecule has 70 valence electrons. The van der Waals surface area contributed by atoms with Crippen LogP contribution in [-0.2, 0) is 0 Å². The summed E-state index contributed by atoms with van der Waals surface area (Å²) in [4.78, 5) is 14.7. The highest BCUT2D eigenvalue weighted by Gasteiger charge is 2.09. The van der Waals surface area contributed by atoms with E-state index in [1.54, 1.807) is 18.5 Å².